The average Bonchev–Trinajstić information content (AvgIpc) is 2.64. The molecule has 3 rings (SSSR count). The molecule has 2 aromatic carbocycles. The number of hydrogen-bond acceptors (Lipinski definition) is 2. The van der Waals surface area contributed by atoms with Gasteiger partial charge in [-0.1, -0.05) is 72.8 Å². The van der Waals surface area contributed by atoms with Crippen molar-refractivity contribution in [1.82, 2.24) is 5.43 Å². The topological polar surface area (TPSA) is 41.5 Å². The minimum absolute atomic E-state index is 0.208. The Morgan fingerprint density at radius 3 is 2.35 bits per heavy atom. The van der Waals surface area contributed by atoms with Gasteiger partial charge in [0.05, 0.1) is 5.41 Å². The van der Waals surface area contributed by atoms with Crippen molar-refractivity contribution in [2.45, 2.75) is 11.8 Å². The minimum Gasteiger partial charge on any atom is -0.267 e. The van der Waals surface area contributed by atoms with Crippen LogP contribution in [-0.2, 0) is 5.41 Å². The molecule has 1 aliphatic rings. The predicted octanol–water partition coefficient (Wildman–Crippen LogP) is 3.86. The molecule has 114 valence electrons. The Morgan fingerprint density at radius 1 is 1.00 bits per heavy atom. The molecule has 23 heavy (non-hydrogen) atoms. The van der Waals surface area contributed by atoms with Gasteiger partial charge in [0.2, 0.25) is 0 Å². The Bertz CT molecular complexity index is 748. The summed E-state index contributed by atoms with van der Waals surface area (Å²) in [6.45, 7) is 0. The number of benzene rings is 2. The molecular formula is C20H18N2O. The maximum atomic E-state index is 12.1. The number of hydrogen-bond donors (Lipinski definition) is 1. The van der Waals surface area contributed by atoms with E-state index in [1.54, 1.807) is 12.1 Å². The van der Waals surface area contributed by atoms with Crippen LogP contribution in [0, 0.1) is 0 Å². The lowest BCUT2D eigenvalue weighted by Gasteiger charge is -2.27. The minimum atomic E-state index is -0.319. The fraction of sp³-hybridized carbons (Fsp3) is 0.100. The van der Waals surface area contributed by atoms with Crippen molar-refractivity contribution < 1.29 is 4.79 Å². The summed E-state index contributed by atoms with van der Waals surface area (Å²) >= 11 is 0. The maximum absolute atomic E-state index is 12.1. The van der Waals surface area contributed by atoms with Crippen molar-refractivity contribution in [2.24, 2.45) is 5.10 Å². The van der Waals surface area contributed by atoms with Crippen LogP contribution in [-0.4, -0.2) is 12.1 Å². The summed E-state index contributed by atoms with van der Waals surface area (Å²) in [6.07, 6.45) is 10.9. The van der Waals surface area contributed by atoms with E-state index in [4.69, 9.17) is 0 Å². The van der Waals surface area contributed by atoms with E-state index in [2.05, 4.69) is 34.8 Å². The zero-order chi connectivity index (χ0) is 16.0. The van der Waals surface area contributed by atoms with Gasteiger partial charge in [-0.15, -0.1) is 0 Å². The SMILES string of the molecule is O=C(N/N=C\C1(c2ccccc2)C=CC=CC1)c1ccccc1. The number of carbonyl (C=O) groups is 1. The lowest BCUT2D eigenvalue weighted by atomic mass is 9.76. The summed E-state index contributed by atoms with van der Waals surface area (Å²) in [5, 5.41) is 4.21. The van der Waals surface area contributed by atoms with E-state index in [0.29, 0.717) is 5.56 Å². The lowest BCUT2D eigenvalue weighted by Crippen LogP contribution is -2.28. The van der Waals surface area contributed by atoms with E-state index in [-0.39, 0.29) is 11.3 Å². The van der Waals surface area contributed by atoms with Crippen LogP contribution < -0.4 is 5.43 Å². The highest BCUT2D eigenvalue weighted by atomic mass is 16.2. The third-order valence-corrected chi connectivity index (χ3v) is 3.90. The third kappa shape index (κ3) is 3.46. The number of allylic oxidation sites excluding steroid dienone is 4. The van der Waals surface area contributed by atoms with E-state index in [9.17, 15) is 4.79 Å². The lowest BCUT2D eigenvalue weighted by molar-refractivity contribution is 0.0955. The van der Waals surface area contributed by atoms with Gasteiger partial charge in [-0.3, -0.25) is 4.79 Å². The Morgan fingerprint density at radius 2 is 1.70 bits per heavy atom. The van der Waals surface area contributed by atoms with E-state index in [1.165, 1.54) is 0 Å². The Labute approximate surface area is 136 Å². The molecule has 0 aliphatic heterocycles. The van der Waals surface area contributed by atoms with Crippen molar-refractivity contribution in [3.63, 3.8) is 0 Å². The monoisotopic (exact) mass is 302 g/mol. The molecule has 1 atom stereocenters. The average molecular weight is 302 g/mol. The smallest absolute Gasteiger partial charge is 0.267 e. The molecule has 3 heteroatoms. The van der Waals surface area contributed by atoms with Gasteiger partial charge >= 0.3 is 0 Å². The van der Waals surface area contributed by atoms with Crippen molar-refractivity contribution in [2.75, 3.05) is 0 Å². The molecule has 1 aliphatic carbocycles. The van der Waals surface area contributed by atoms with E-state index < -0.39 is 0 Å². The third-order valence-electron chi connectivity index (χ3n) is 3.90. The van der Waals surface area contributed by atoms with Crippen LogP contribution in [0.25, 0.3) is 0 Å². The predicted molar refractivity (Wildman–Crippen MR) is 93.4 cm³/mol. The Hall–Kier alpha value is -2.94. The van der Waals surface area contributed by atoms with Crippen LogP contribution in [0.15, 0.2) is 90.1 Å². The molecule has 0 spiro atoms. The van der Waals surface area contributed by atoms with Crippen LogP contribution in [0.4, 0.5) is 0 Å². The number of nitrogens with one attached hydrogen (secondary N) is 1. The first-order valence-corrected chi connectivity index (χ1v) is 7.60. The number of hydrazone groups is 1. The molecule has 0 saturated carbocycles. The molecule has 0 heterocycles. The van der Waals surface area contributed by atoms with Gasteiger partial charge in [0.15, 0.2) is 0 Å². The second-order valence-corrected chi connectivity index (χ2v) is 5.46. The Balaban J connectivity index is 1.79. The molecule has 0 aromatic heterocycles. The van der Waals surface area contributed by atoms with Gasteiger partial charge in [0.1, 0.15) is 0 Å². The van der Waals surface area contributed by atoms with Gasteiger partial charge in [-0.25, -0.2) is 5.43 Å². The fourth-order valence-electron chi connectivity index (χ4n) is 2.63. The molecule has 0 saturated heterocycles. The van der Waals surface area contributed by atoms with Crippen LogP contribution >= 0.6 is 0 Å². The first-order valence-electron chi connectivity index (χ1n) is 7.60. The maximum Gasteiger partial charge on any atom is 0.271 e. The van der Waals surface area contributed by atoms with Crippen molar-refractivity contribution in [3.8, 4) is 0 Å². The van der Waals surface area contributed by atoms with Crippen molar-refractivity contribution >= 4 is 12.1 Å². The molecule has 0 radical (unpaired) electrons. The highest BCUT2D eigenvalue weighted by molar-refractivity contribution is 5.94. The molecule has 1 N–H and O–H groups in total. The molecule has 0 fully saturated rings. The van der Waals surface area contributed by atoms with Gasteiger partial charge in [0, 0.05) is 11.8 Å². The summed E-state index contributed by atoms with van der Waals surface area (Å²) < 4.78 is 0. The second-order valence-electron chi connectivity index (χ2n) is 5.46. The molecule has 1 unspecified atom stereocenters. The first-order chi connectivity index (χ1) is 11.3. The quantitative estimate of drug-likeness (QED) is 0.676. The molecular weight excluding hydrogens is 284 g/mol. The number of carbonyl (C=O) groups excluding carboxylic acids is 1. The molecule has 3 nitrogen and oxygen atoms in total. The summed E-state index contributed by atoms with van der Waals surface area (Å²) in [5.74, 6) is -0.208. The highest BCUT2D eigenvalue weighted by Gasteiger charge is 2.27. The largest absolute Gasteiger partial charge is 0.271 e. The standard InChI is InChI=1S/C20H18N2O/c23-19(17-10-4-1-5-11-17)22-21-16-20(14-8-3-9-15-20)18-12-6-2-7-13-18/h1-14,16H,15H2,(H,22,23)/b21-16-. The van der Waals surface area contributed by atoms with Gasteiger partial charge in [0.25, 0.3) is 5.91 Å². The van der Waals surface area contributed by atoms with Crippen LogP contribution in [0.2, 0.25) is 0 Å². The number of nitrogens with zero attached hydrogens (tertiary/aromatic N) is 1. The number of amides is 1. The molecule has 1 amide bonds. The van der Waals surface area contributed by atoms with Gasteiger partial charge < -0.3 is 0 Å². The second kappa shape index (κ2) is 6.88. The van der Waals surface area contributed by atoms with Crippen LogP contribution in [0.3, 0.4) is 0 Å². The summed E-state index contributed by atoms with van der Waals surface area (Å²) in [5.41, 5.74) is 4.04. The summed E-state index contributed by atoms with van der Waals surface area (Å²) in [7, 11) is 0. The summed E-state index contributed by atoms with van der Waals surface area (Å²) in [4.78, 5) is 12.1. The normalized spacial score (nSPS) is 19.8. The van der Waals surface area contributed by atoms with Gasteiger partial charge in [-0.05, 0) is 24.1 Å². The van der Waals surface area contributed by atoms with Crippen LogP contribution in [0.5, 0.6) is 0 Å². The highest BCUT2D eigenvalue weighted by Crippen LogP contribution is 2.30. The number of rotatable bonds is 4. The van der Waals surface area contributed by atoms with E-state index in [0.717, 1.165) is 12.0 Å². The summed E-state index contributed by atoms with van der Waals surface area (Å²) in [6, 6.07) is 19.2. The van der Waals surface area contributed by atoms with Crippen molar-refractivity contribution in [3.05, 3.63) is 96.1 Å². The Kier molecular flexibility index (Phi) is 4.48. The zero-order valence-electron chi connectivity index (χ0n) is 12.7. The molecule has 0 bridgehead atoms. The van der Waals surface area contributed by atoms with E-state index in [1.807, 2.05) is 54.8 Å². The molecule has 2 aromatic rings. The zero-order valence-corrected chi connectivity index (χ0v) is 12.7. The van der Waals surface area contributed by atoms with E-state index >= 15 is 0 Å². The fourth-order valence-corrected chi connectivity index (χ4v) is 2.63. The first kappa shape index (κ1) is 15.0. The van der Waals surface area contributed by atoms with Crippen molar-refractivity contribution in [1.29, 1.82) is 0 Å². The van der Waals surface area contributed by atoms with Gasteiger partial charge in [-0.2, -0.15) is 5.10 Å². The van der Waals surface area contributed by atoms with Crippen LogP contribution in [0.1, 0.15) is 22.3 Å².